The predicted molar refractivity (Wildman–Crippen MR) is 59.3 cm³/mol. The van der Waals surface area contributed by atoms with Crippen LogP contribution >= 0.6 is 15.9 Å². The fourth-order valence-electron chi connectivity index (χ4n) is 1.18. The molecule has 2 aromatic heterocycles. The maximum Gasteiger partial charge on any atom is 0.263 e. The van der Waals surface area contributed by atoms with Crippen LogP contribution in [0.25, 0.3) is 11.7 Å². The molecule has 4 nitrogen and oxygen atoms in total. The molecule has 2 rings (SSSR count). The summed E-state index contributed by atoms with van der Waals surface area (Å²) in [6.07, 6.45) is 1.63. The topological polar surface area (TPSA) is 51.2 Å². The zero-order valence-corrected chi connectivity index (χ0v) is 9.87. The van der Waals surface area contributed by atoms with Gasteiger partial charge in [0.05, 0.1) is 5.69 Å². The van der Waals surface area contributed by atoms with Gasteiger partial charge in [0.25, 0.3) is 5.89 Å². The van der Waals surface area contributed by atoms with Gasteiger partial charge in [-0.25, -0.2) is 4.98 Å². The molecular weight excluding hydrogens is 260 g/mol. The number of aromatic nitrogens is 1. The van der Waals surface area contributed by atoms with E-state index in [2.05, 4.69) is 26.2 Å². The number of oxazole rings is 1. The fraction of sp³-hybridized carbons (Fsp3) is 0.300. The van der Waals surface area contributed by atoms with Crippen molar-refractivity contribution in [2.75, 3.05) is 6.54 Å². The molecule has 0 saturated heterocycles. The highest BCUT2D eigenvalue weighted by Gasteiger charge is 2.09. The van der Waals surface area contributed by atoms with Gasteiger partial charge >= 0.3 is 0 Å². The number of hydrogen-bond donors (Lipinski definition) is 1. The van der Waals surface area contributed by atoms with Gasteiger partial charge < -0.3 is 14.2 Å². The van der Waals surface area contributed by atoms with Gasteiger partial charge in [0.15, 0.2) is 10.4 Å². The third kappa shape index (κ3) is 2.49. The van der Waals surface area contributed by atoms with Crippen molar-refractivity contribution in [1.29, 1.82) is 0 Å². The second kappa shape index (κ2) is 4.63. The second-order valence-corrected chi connectivity index (χ2v) is 3.81. The summed E-state index contributed by atoms with van der Waals surface area (Å²) >= 11 is 3.23. The van der Waals surface area contributed by atoms with Crippen LogP contribution in [0.1, 0.15) is 12.6 Å². The van der Waals surface area contributed by atoms with Gasteiger partial charge in [-0.1, -0.05) is 6.92 Å². The summed E-state index contributed by atoms with van der Waals surface area (Å²) in [6, 6.07) is 3.62. The average Bonchev–Trinajstić information content (AvgIpc) is 2.83. The van der Waals surface area contributed by atoms with Crippen LogP contribution in [0.15, 0.2) is 31.9 Å². The summed E-state index contributed by atoms with van der Waals surface area (Å²) in [4.78, 5) is 4.29. The monoisotopic (exact) mass is 270 g/mol. The van der Waals surface area contributed by atoms with E-state index in [0.29, 0.717) is 22.9 Å². The van der Waals surface area contributed by atoms with Crippen molar-refractivity contribution in [2.45, 2.75) is 13.5 Å². The number of furan rings is 1. The number of nitrogens with one attached hydrogen (secondary N) is 1. The Balaban J connectivity index is 2.13. The van der Waals surface area contributed by atoms with E-state index >= 15 is 0 Å². The first-order chi connectivity index (χ1) is 7.29. The molecule has 0 unspecified atom stereocenters. The third-order valence-corrected chi connectivity index (χ3v) is 2.32. The summed E-state index contributed by atoms with van der Waals surface area (Å²) < 4.78 is 11.3. The smallest absolute Gasteiger partial charge is 0.263 e. The van der Waals surface area contributed by atoms with Crippen molar-refractivity contribution in [3.63, 3.8) is 0 Å². The van der Waals surface area contributed by atoms with Gasteiger partial charge in [-0.05, 0) is 34.6 Å². The van der Waals surface area contributed by atoms with Gasteiger partial charge in [-0.15, -0.1) is 0 Å². The molecule has 0 aliphatic rings. The maximum absolute atomic E-state index is 5.33. The number of nitrogens with zero attached hydrogens (tertiary/aromatic N) is 1. The Hall–Kier alpha value is -1.07. The molecule has 0 aliphatic heterocycles. The number of halogens is 1. The summed E-state index contributed by atoms with van der Waals surface area (Å²) in [7, 11) is 0. The summed E-state index contributed by atoms with van der Waals surface area (Å²) in [6.45, 7) is 3.67. The van der Waals surface area contributed by atoms with Crippen LogP contribution in [0.5, 0.6) is 0 Å². The summed E-state index contributed by atoms with van der Waals surface area (Å²) in [5.74, 6) is 1.14. The quantitative estimate of drug-likeness (QED) is 0.928. The van der Waals surface area contributed by atoms with Crippen molar-refractivity contribution >= 4 is 15.9 Å². The van der Waals surface area contributed by atoms with E-state index in [1.165, 1.54) is 0 Å². The van der Waals surface area contributed by atoms with Gasteiger partial charge in [0, 0.05) is 6.54 Å². The van der Waals surface area contributed by atoms with E-state index < -0.39 is 0 Å². The minimum Gasteiger partial charge on any atom is -0.444 e. The zero-order chi connectivity index (χ0) is 10.7. The van der Waals surface area contributed by atoms with Crippen LogP contribution in [0, 0.1) is 0 Å². The lowest BCUT2D eigenvalue weighted by molar-refractivity contribution is 0.504. The molecule has 0 radical (unpaired) electrons. The molecule has 0 atom stereocenters. The van der Waals surface area contributed by atoms with Crippen molar-refractivity contribution in [3.05, 3.63) is 28.8 Å². The summed E-state index contributed by atoms with van der Waals surface area (Å²) in [5, 5.41) is 3.17. The van der Waals surface area contributed by atoms with Crippen LogP contribution in [0.2, 0.25) is 0 Å². The Kier molecular flexibility index (Phi) is 3.23. The van der Waals surface area contributed by atoms with Crippen LogP contribution in [-0.2, 0) is 6.54 Å². The van der Waals surface area contributed by atoms with Gasteiger partial charge in [-0.2, -0.15) is 0 Å². The first-order valence-electron chi connectivity index (χ1n) is 4.70. The first kappa shape index (κ1) is 10.4. The van der Waals surface area contributed by atoms with Crippen LogP contribution in [0.3, 0.4) is 0 Å². The average molecular weight is 271 g/mol. The lowest BCUT2D eigenvalue weighted by atomic mass is 10.4. The minimum atomic E-state index is 0.508. The normalized spacial score (nSPS) is 10.8. The third-order valence-electron chi connectivity index (χ3n) is 1.89. The van der Waals surface area contributed by atoms with E-state index in [4.69, 9.17) is 8.83 Å². The molecule has 15 heavy (non-hydrogen) atoms. The fourth-order valence-corrected chi connectivity index (χ4v) is 1.49. The van der Waals surface area contributed by atoms with Gasteiger partial charge in [0.2, 0.25) is 0 Å². The zero-order valence-electron chi connectivity index (χ0n) is 8.29. The Morgan fingerprint density at radius 3 is 3.00 bits per heavy atom. The van der Waals surface area contributed by atoms with Crippen LogP contribution in [-0.4, -0.2) is 11.5 Å². The van der Waals surface area contributed by atoms with Crippen molar-refractivity contribution < 1.29 is 8.83 Å². The largest absolute Gasteiger partial charge is 0.444 e. The SMILES string of the molecule is CCNCc1coc(-c2ccc(Br)o2)n1. The molecule has 2 heterocycles. The maximum atomic E-state index is 5.33. The summed E-state index contributed by atoms with van der Waals surface area (Å²) in [5.41, 5.74) is 0.874. The molecule has 0 saturated carbocycles. The second-order valence-electron chi connectivity index (χ2n) is 3.03. The molecule has 5 heteroatoms. The van der Waals surface area contributed by atoms with Gasteiger partial charge in [-0.3, -0.25) is 0 Å². The number of rotatable bonds is 4. The predicted octanol–water partition coefficient (Wildman–Crippen LogP) is 2.81. The van der Waals surface area contributed by atoms with Crippen molar-refractivity contribution in [2.24, 2.45) is 0 Å². The lowest BCUT2D eigenvalue weighted by Gasteiger charge is -1.93. The van der Waals surface area contributed by atoms with E-state index in [1.54, 1.807) is 6.26 Å². The highest BCUT2D eigenvalue weighted by atomic mass is 79.9. The first-order valence-corrected chi connectivity index (χ1v) is 5.49. The van der Waals surface area contributed by atoms with Crippen molar-refractivity contribution in [3.8, 4) is 11.7 Å². The van der Waals surface area contributed by atoms with Crippen LogP contribution in [0.4, 0.5) is 0 Å². The molecule has 0 amide bonds. The van der Waals surface area contributed by atoms with E-state index in [-0.39, 0.29) is 0 Å². The van der Waals surface area contributed by atoms with Crippen LogP contribution < -0.4 is 5.32 Å². The highest BCUT2D eigenvalue weighted by Crippen LogP contribution is 2.24. The molecule has 0 aliphatic carbocycles. The Morgan fingerprint density at radius 2 is 2.33 bits per heavy atom. The molecule has 2 aromatic rings. The molecule has 0 bridgehead atoms. The Morgan fingerprint density at radius 1 is 1.47 bits per heavy atom. The molecule has 80 valence electrons. The lowest BCUT2D eigenvalue weighted by Crippen LogP contribution is -2.11. The standard InChI is InChI=1S/C10H11BrN2O2/c1-2-12-5-7-6-14-10(13-7)8-3-4-9(11)15-8/h3-4,6,12H,2,5H2,1H3. The van der Waals surface area contributed by atoms with Gasteiger partial charge in [0.1, 0.15) is 6.26 Å². The number of hydrogen-bond acceptors (Lipinski definition) is 4. The Bertz CT molecular complexity index is 436. The molecule has 0 fully saturated rings. The highest BCUT2D eigenvalue weighted by molar-refractivity contribution is 9.10. The minimum absolute atomic E-state index is 0.508. The Labute approximate surface area is 95.8 Å². The van der Waals surface area contributed by atoms with E-state index in [1.807, 2.05) is 19.1 Å². The molecule has 1 N–H and O–H groups in total. The van der Waals surface area contributed by atoms with E-state index in [0.717, 1.165) is 12.2 Å². The van der Waals surface area contributed by atoms with E-state index in [9.17, 15) is 0 Å². The van der Waals surface area contributed by atoms with Crippen molar-refractivity contribution in [1.82, 2.24) is 10.3 Å². The molecule has 0 aromatic carbocycles. The molecule has 0 spiro atoms. The molecular formula is C10H11BrN2O2.